The Labute approximate surface area is 102 Å². The molecule has 0 saturated carbocycles. The molecule has 0 saturated heterocycles. The minimum atomic E-state index is 0.110. The summed E-state index contributed by atoms with van der Waals surface area (Å²) in [6.07, 6.45) is 10.7. The predicted octanol–water partition coefficient (Wildman–Crippen LogP) is 2.47. The van der Waals surface area contributed by atoms with E-state index in [1.165, 1.54) is 0 Å². The van der Waals surface area contributed by atoms with Crippen LogP contribution in [-0.2, 0) is 18.5 Å². The summed E-state index contributed by atoms with van der Waals surface area (Å²) >= 11 is 0. The van der Waals surface area contributed by atoms with Crippen LogP contribution in [0, 0.1) is 0 Å². The molecule has 0 spiro atoms. The van der Waals surface area contributed by atoms with Crippen LogP contribution in [-0.4, -0.2) is 19.1 Å². The van der Waals surface area contributed by atoms with Crippen LogP contribution in [0.25, 0.3) is 0 Å². The standard InChI is InChI=1S/C13H20N4/c1-13(2,3)12-15-6-10-17(12)8-4-7-16-9-5-14-11-16/h5-6,9-11H,4,7-8H2,1-3H3. The van der Waals surface area contributed by atoms with Gasteiger partial charge in [-0.3, -0.25) is 0 Å². The van der Waals surface area contributed by atoms with Gasteiger partial charge in [-0.05, 0) is 6.42 Å². The number of aromatic nitrogens is 4. The number of hydrogen-bond acceptors (Lipinski definition) is 2. The van der Waals surface area contributed by atoms with Gasteiger partial charge in [0.2, 0.25) is 0 Å². The topological polar surface area (TPSA) is 35.6 Å². The van der Waals surface area contributed by atoms with Crippen molar-refractivity contribution in [3.8, 4) is 0 Å². The Hall–Kier alpha value is -1.58. The zero-order valence-corrected chi connectivity index (χ0v) is 10.8. The van der Waals surface area contributed by atoms with Crippen molar-refractivity contribution in [3.63, 3.8) is 0 Å². The average Bonchev–Trinajstić information content (AvgIpc) is 2.86. The maximum atomic E-state index is 4.45. The van der Waals surface area contributed by atoms with Crippen LogP contribution < -0.4 is 0 Å². The first-order valence-corrected chi connectivity index (χ1v) is 6.05. The van der Waals surface area contributed by atoms with Gasteiger partial charge in [0.25, 0.3) is 0 Å². The fourth-order valence-corrected chi connectivity index (χ4v) is 1.98. The quantitative estimate of drug-likeness (QED) is 0.811. The Morgan fingerprint density at radius 2 is 1.94 bits per heavy atom. The van der Waals surface area contributed by atoms with E-state index >= 15 is 0 Å². The Morgan fingerprint density at radius 3 is 2.59 bits per heavy atom. The fraction of sp³-hybridized carbons (Fsp3) is 0.538. The summed E-state index contributed by atoms with van der Waals surface area (Å²) in [7, 11) is 0. The highest BCUT2D eigenvalue weighted by atomic mass is 15.1. The van der Waals surface area contributed by atoms with Crippen LogP contribution in [0.3, 0.4) is 0 Å². The molecule has 92 valence electrons. The number of aryl methyl sites for hydroxylation is 2. The van der Waals surface area contributed by atoms with Gasteiger partial charge in [-0.1, -0.05) is 20.8 Å². The molecule has 17 heavy (non-hydrogen) atoms. The molecule has 0 radical (unpaired) electrons. The molecule has 0 unspecified atom stereocenters. The third-order valence-electron chi connectivity index (χ3n) is 2.76. The maximum absolute atomic E-state index is 4.45. The van der Waals surface area contributed by atoms with Crippen molar-refractivity contribution in [1.82, 2.24) is 19.1 Å². The monoisotopic (exact) mass is 232 g/mol. The highest BCUT2D eigenvalue weighted by Gasteiger charge is 2.19. The zero-order valence-electron chi connectivity index (χ0n) is 10.8. The lowest BCUT2D eigenvalue weighted by atomic mass is 9.95. The van der Waals surface area contributed by atoms with Crippen molar-refractivity contribution in [2.24, 2.45) is 0 Å². The molecule has 2 aromatic heterocycles. The Morgan fingerprint density at radius 1 is 1.12 bits per heavy atom. The van der Waals surface area contributed by atoms with E-state index in [0.29, 0.717) is 0 Å². The van der Waals surface area contributed by atoms with Crippen LogP contribution in [0.2, 0.25) is 0 Å². The molecule has 0 amide bonds. The number of imidazole rings is 2. The van der Waals surface area contributed by atoms with E-state index < -0.39 is 0 Å². The van der Waals surface area contributed by atoms with E-state index in [9.17, 15) is 0 Å². The van der Waals surface area contributed by atoms with E-state index in [2.05, 4.69) is 46.1 Å². The summed E-state index contributed by atoms with van der Waals surface area (Å²) in [5.41, 5.74) is 0.110. The predicted molar refractivity (Wildman–Crippen MR) is 67.8 cm³/mol. The summed E-state index contributed by atoms with van der Waals surface area (Å²) in [6, 6.07) is 0. The molecular weight excluding hydrogens is 212 g/mol. The van der Waals surface area contributed by atoms with Gasteiger partial charge in [0.05, 0.1) is 6.33 Å². The Bertz CT molecular complexity index is 448. The SMILES string of the molecule is CC(C)(C)c1nccn1CCCn1ccnc1. The minimum Gasteiger partial charge on any atom is -0.337 e. The summed E-state index contributed by atoms with van der Waals surface area (Å²) in [4.78, 5) is 8.49. The lowest BCUT2D eigenvalue weighted by Gasteiger charge is -2.19. The summed E-state index contributed by atoms with van der Waals surface area (Å²) in [5.74, 6) is 1.16. The number of rotatable bonds is 4. The average molecular weight is 232 g/mol. The van der Waals surface area contributed by atoms with Crippen molar-refractivity contribution in [3.05, 3.63) is 36.9 Å². The van der Waals surface area contributed by atoms with Crippen LogP contribution in [0.1, 0.15) is 33.0 Å². The second-order valence-corrected chi connectivity index (χ2v) is 5.35. The lowest BCUT2D eigenvalue weighted by Crippen LogP contribution is -2.19. The van der Waals surface area contributed by atoms with Gasteiger partial charge in [0.1, 0.15) is 5.82 Å². The largest absolute Gasteiger partial charge is 0.337 e. The van der Waals surface area contributed by atoms with Crippen LogP contribution in [0.4, 0.5) is 0 Å². The molecule has 0 aliphatic rings. The summed E-state index contributed by atoms with van der Waals surface area (Å²) in [6.45, 7) is 8.59. The first-order chi connectivity index (χ1) is 8.07. The van der Waals surface area contributed by atoms with Crippen molar-refractivity contribution in [2.45, 2.75) is 45.7 Å². The molecular formula is C13H20N4. The third kappa shape index (κ3) is 2.96. The van der Waals surface area contributed by atoms with E-state index in [-0.39, 0.29) is 5.41 Å². The molecule has 4 nitrogen and oxygen atoms in total. The molecule has 0 atom stereocenters. The lowest BCUT2D eigenvalue weighted by molar-refractivity contribution is 0.476. The van der Waals surface area contributed by atoms with Gasteiger partial charge in [-0.25, -0.2) is 9.97 Å². The van der Waals surface area contributed by atoms with Crippen LogP contribution in [0.5, 0.6) is 0 Å². The van der Waals surface area contributed by atoms with Gasteiger partial charge in [0.15, 0.2) is 0 Å². The maximum Gasteiger partial charge on any atom is 0.114 e. The van der Waals surface area contributed by atoms with Gasteiger partial charge in [-0.15, -0.1) is 0 Å². The molecule has 0 N–H and O–H groups in total. The van der Waals surface area contributed by atoms with Crippen LogP contribution >= 0.6 is 0 Å². The smallest absolute Gasteiger partial charge is 0.114 e. The van der Waals surface area contributed by atoms with E-state index in [1.54, 1.807) is 0 Å². The molecule has 2 heterocycles. The third-order valence-corrected chi connectivity index (χ3v) is 2.76. The van der Waals surface area contributed by atoms with Crippen LogP contribution in [0.15, 0.2) is 31.1 Å². The van der Waals surface area contributed by atoms with Crippen molar-refractivity contribution < 1.29 is 0 Å². The first kappa shape index (κ1) is 11.9. The highest BCUT2D eigenvalue weighted by Crippen LogP contribution is 2.20. The minimum absolute atomic E-state index is 0.110. The molecule has 0 aromatic carbocycles. The molecule has 2 aromatic rings. The normalized spacial score (nSPS) is 11.9. The number of nitrogens with zero attached hydrogens (tertiary/aromatic N) is 4. The Kier molecular flexibility index (Phi) is 3.31. The fourth-order valence-electron chi connectivity index (χ4n) is 1.98. The van der Waals surface area contributed by atoms with Gasteiger partial charge >= 0.3 is 0 Å². The second kappa shape index (κ2) is 4.73. The van der Waals surface area contributed by atoms with E-state index in [1.807, 2.05) is 24.9 Å². The van der Waals surface area contributed by atoms with Gasteiger partial charge in [-0.2, -0.15) is 0 Å². The molecule has 0 fully saturated rings. The molecule has 0 aliphatic carbocycles. The van der Waals surface area contributed by atoms with Crippen molar-refractivity contribution in [1.29, 1.82) is 0 Å². The van der Waals surface area contributed by atoms with Gasteiger partial charge in [0, 0.05) is 43.3 Å². The first-order valence-electron chi connectivity index (χ1n) is 6.05. The van der Waals surface area contributed by atoms with Crippen molar-refractivity contribution >= 4 is 0 Å². The van der Waals surface area contributed by atoms with Crippen molar-refractivity contribution in [2.75, 3.05) is 0 Å². The zero-order chi connectivity index (χ0) is 12.3. The molecule has 0 aliphatic heterocycles. The highest BCUT2D eigenvalue weighted by molar-refractivity contribution is 5.04. The Balaban J connectivity index is 1.93. The molecule has 2 rings (SSSR count). The van der Waals surface area contributed by atoms with E-state index in [0.717, 1.165) is 25.3 Å². The summed E-state index contributed by atoms with van der Waals surface area (Å²) in [5, 5.41) is 0. The summed E-state index contributed by atoms with van der Waals surface area (Å²) < 4.78 is 4.35. The van der Waals surface area contributed by atoms with E-state index in [4.69, 9.17) is 0 Å². The second-order valence-electron chi connectivity index (χ2n) is 5.35. The number of hydrogen-bond donors (Lipinski definition) is 0. The van der Waals surface area contributed by atoms with Gasteiger partial charge < -0.3 is 9.13 Å². The molecule has 0 bridgehead atoms. The molecule has 4 heteroatoms.